The molecule has 2 fully saturated rings. The Kier molecular flexibility index (Phi) is 6.19. The molecule has 0 aliphatic heterocycles. The third-order valence-electron chi connectivity index (χ3n) is 5.94. The van der Waals surface area contributed by atoms with Crippen LogP contribution in [0.4, 0.5) is 0 Å². The third kappa shape index (κ3) is 5.36. The highest BCUT2D eigenvalue weighted by molar-refractivity contribution is 7.74. The zero-order chi connectivity index (χ0) is 23.5. The van der Waals surface area contributed by atoms with Crippen LogP contribution in [0.3, 0.4) is 0 Å². The molecule has 2 aliphatic carbocycles. The summed E-state index contributed by atoms with van der Waals surface area (Å²) in [4.78, 5) is 20.1. The number of benzene rings is 2. The fourth-order valence-corrected chi connectivity index (χ4v) is 4.11. The lowest BCUT2D eigenvalue weighted by Gasteiger charge is -2.11. The molecule has 0 saturated heterocycles. The summed E-state index contributed by atoms with van der Waals surface area (Å²) >= 11 is 0. The fourth-order valence-electron chi connectivity index (χ4n) is 3.44. The van der Waals surface area contributed by atoms with E-state index in [0.29, 0.717) is 48.3 Å². The van der Waals surface area contributed by atoms with E-state index in [2.05, 4.69) is 15.3 Å². The van der Waals surface area contributed by atoms with Gasteiger partial charge in [-0.2, -0.15) is 0 Å². The molecule has 0 bridgehead atoms. The lowest BCUT2D eigenvalue weighted by molar-refractivity contribution is 0.0945. The number of rotatable bonds is 10. The van der Waals surface area contributed by atoms with Crippen LogP contribution in [0.5, 0.6) is 11.5 Å². The zero-order valence-corrected chi connectivity index (χ0v) is 19.4. The van der Waals surface area contributed by atoms with Gasteiger partial charge in [0.05, 0.1) is 19.0 Å². The standard InChI is InChI=1S/C25H25N3O5S/c29-24(28-25(10-11-25)34(30)31)19-8-6-18(7-9-19)15-32-21-3-1-2-20(12-21)23-26-13-22(14-27-23)33-16-17-4-5-17/h1-3,6-9,12-14,17,34H,4-5,10-11,15-16H2,(H,28,29). The summed E-state index contributed by atoms with van der Waals surface area (Å²) in [6.45, 7) is 1.04. The van der Waals surface area contributed by atoms with Crippen molar-refractivity contribution in [1.82, 2.24) is 15.3 Å². The van der Waals surface area contributed by atoms with Gasteiger partial charge in [-0.15, -0.1) is 0 Å². The van der Waals surface area contributed by atoms with Crippen molar-refractivity contribution in [3.8, 4) is 22.9 Å². The predicted molar refractivity (Wildman–Crippen MR) is 126 cm³/mol. The van der Waals surface area contributed by atoms with Gasteiger partial charge in [0.1, 0.15) is 17.2 Å². The van der Waals surface area contributed by atoms with Crippen LogP contribution in [0.1, 0.15) is 41.6 Å². The molecule has 1 heterocycles. The Morgan fingerprint density at radius 2 is 1.74 bits per heavy atom. The van der Waals surface area contributed by atoms with Crippen molar-refractivity contribution in [2.24, 2.45) is 5.92 Å². The number of nitrogens with zero attached hydrogens (tertiary/aromatic N) is 2. The second-order valence-corrected chi connectivity index (χ2v) is 10.1. The van der Waals surface area contributed by atoms with Gasteiger partial charge in [-0.1, -0.05) is 24.3 Å². The monoisotopic (exact) mass is 479 g/mol. The zero-order valence-electron chi connectivity index (χ0n) is 18.5. The Morgan fingerprint density at radius 3 is 2.38 bits per heavy atom. The molecule has 34 heavy (non-hydrogen) atoms. The Morgan fingerprint density at radius 1 is 1.00 bits per heavy atom. The van der Waals surface area contributed by atoms with Crippen molar-refractivity contribution >= 4 is 16.6 Å². The van der Waals surface area contributed by atoms with E-state index in [1.165, 1.54) is 12.8 Å². The van der Waals surface area contributed by atoms with Gasteiger partial charge < -0.3 is 14.8 Å². The Labute approximate surface area is 199 Å². The fraction of sp³-hybridized carbons (Fsp3) is 0.320. The smallest absolute Gasteiger partial charge is 0.252 e. The van der Waals surface area contributed by atoms with E-state index >= 15 is 0 Å². The number of thiol groups is 1. The Balaban J connectivity index is 1.17. The number of aromatic nitrogens is 2. The van der Waals surface area contributed by atoms with Gasteiger partial charge in [-0.3, -0.25) is 4.79 Å². The van der Waals surface area contributed by atoms with Gasteiger partial charge in [0.2, 0.25) is 0 Å². The van der Waals surface area contributed by atoms with Crippen LogP contribution in [0.25, 0.3) is 11.4 Å². The van der Waals surface area contributed by atoms with Crippen LogP contribution in [0.15, 0.2) is 60.9 Å². The Hall–Kier alpha value is -3.46. The van der Waals surface area contributed by atoms with Crippen molar-refractivity contribution in [1.29, 1.82) is 0 Å². The molecule has 1 aromatic heterocycles. The summed E-state index contributed by atoms with van der Waals surface area (Å²) in [6.07, 6.45) is 6.78. The van der Waals surface area contributed by atoms with Crippen LogP contribution >= 0.6 is 0 Å². The van der Waals surface area contributed by atoms with Crippen LogP contribution in [-0.2, 0) is 17.3 Å². The van der Waals surface area contributed by atoms with E-state index in [0.717, 1.165) is 17.7 Å². The second kappa shape index (κ2) is 9.42. The highest BCUT2D eigenvalue weighted by Crippen LogP contribution is 2.36. The molecule has 1 amide bonds. The van der Waals surface area contributed by atoms with Gasteiger partial charge in [0.15, 0.2) is 22.3 Å². The van der Waals surface area contributed by atoms with Gasteiger partial charge in [-0.25, -0.2) is 18.4 Å². The van der Waals surface area contributed by atoms with E-state index in [9.17, 15) is 13.2 Å². The third-order valence-corrected chi connectivity index (χ3v) is 7.20. The van der Waals surface area contributed by atoms with Gasteiger partial charge in [0, 0.05) is 11.1 Å². The van der Waals surface area contributed by atoms with Crippen molar-refractivity contribution < 1.29 is 22.7 Å². The molecule has 1 N–H and O–H groups in total. The lowest BCUT2D eigenvalue weighted by Crippen LogP contribution is -2.37. The van der Waals surface area contributed by atoms with Crippen molar-refractivity contribution in [3.63, 3.8) is 0 Å². The first-order valence-corrected chi connectivity index (χ1v) is 12.4. The summed E-state index contributed by atoms with van der Waals surface area (Å²) in [7, 11) is -2.68. The molecule has 3 aromatic rings. The Bertz CT molecular complexity index is 1240. The maximum absolute atomic E-state index is 12.3. The average molecular weight is 480 g/mol. The van der Waals surface area contributed by atoms with Crippen LogP contribution in [-0.4, -0.2) is 35.8 Å². The van der Waals surface area contributed by atoms with Crippen LogP contribution in [0, 0.1) is 5.92 Å². The van der Waals surface area contributed by atoms with E-state index in [4.69, 9.17) is 9.47 Å². The topological polar surface area (TPSA) is 107 Å². The number of ether oxygens (including phenoxy) is 2. The van der Waals surface area contributed by atoms with Gasteiger partial charge >= 0.3 is 0 Å². The van der Waals surface area contributed by atoms with Gasteiger partial charge in [-0.05, 0) is 61.4 Å². The first-order valence-electron chi connectivity index (χ1n) is 11.2. The highest BCUT2D eigenvalue weighted by Gasteiger charge is 2.48. The van der Waals surface area contributed by atoms with Crippen molar-refractivity contribution in [2.45, 2.75) is 37.2 Å². The number of hydrogen-bond acceptors (Lipinski definition) is 7. The number of amides is 1. The summed E-state index contributed by atoms with van der Waals surface area (Å²) in [5.74, 6) is 2.22. The SMILES string of the molecule is O=C(NC1([SH](=O)=O)CC1)c1ccc(COc2cccc(-c3ncc(OCC4CC4)cn3)c2)cc1. The molecule has 0 unspecified atom stereocenters. The summed E-state index contributed by atoms with van der Waals surface area (Å²) in [5, 5.41) is 2.61. The molecule has 176 valence electrons. The van der Waals surface area contributed by atoms with E-state index in [1.54, 1.807) is 36.7 Å². The van der Waals surface area contributed by atoms with Gasteiger partial charge in [0.25, 0.3) is 5.91 Å². The van der Waals surface area contributed by atoms with E-state index in [-0.39, 0.29) is 5.91 Å². The molecule has 5 rings (SSSR count). The molecular weight excluding hydrogens is 454 g/mol. The minimum Gasteiger partial charge on any atom is -0.490 e. The molecule has 8 nitrogen and oxygen atoms in total. The second-order valence-electron chi connectivity index (χ2n) is 8.75. The lowest BCUT2D eigenvalue weighted by atomic mass is 10.1. The summed E-state index contributed by atoms with van der Waals surface area (Å²) < 4.78 is 34.2. The van der Waals surface area contributed by atoms with Crippen molar-refractivity contribution in [3.05, 3.63) is 72.1 Å². The van der Waals surface area contributed by atoms with Crippen LogP contribution in [0.2, 0.25) is 0 Å². The number of carbonyl (C=O) groups is 1. The minimum atomic E-state index is -2.68. The predicted octanol–water partition coefficient (Wildman–Crippen LogP) is 3.34. The molecule has 0 atom stereocenters. The maximum atomic E-state index is 12.3. The maximum Gasteiger partial charge on any atom is 0.252 e. The first kappa shape index (κ1) is 22.3. The van der Waals surface area contributed by atoms with Crippen molar-refractivity contribution in [2.75, 3.05) is 6.61 Å². The quantitative estimate of drug-likeness (QED) is 0.430. The normalized spacial score (nSPS) is 16.1. The number of carbonyl (C=O) groups excluding carboxylic acids is 1. The molecule has 2 saturated carbocycles. The average Bonchev–Trinajstić information content (AvgIpc) is 3.79. The highest BCUT2D eigenvalue weighted by atomic mass is 32.2. The number of hydrogen-bond donors (Lipinski definition) is 2. The largest absolute Gasteiger partial charge is 0.490 e. The molecule has 2 aromatic carbocycles. The first-order chi connectivity index (χ1) is 16.5. The molecule has 9 heteroatoms. The summed E-state index contributed by atoms with van der Waals surface area (Å²) in [5.41, 5.74) is 2.13. The summed E-state index contributed by atoms with van der Waals surface area (Å²) in [6, 6.07) is 14.4. The molecular formula is C25H25N3O5S. The van der Waals surface area contributed by atoms with E-state index in [1.807, 2.05) is 24.3 Å². The molecule has 2 aliphatic rings. The molecule has 0 spiro atoms. The minimum absolute atomic E-state index is 0.316. The van der Waals surface area contributed by atoms with E-state index < -0.39 is 15.6 Å². The number of nitrogens with one attached hydrogen (secondary N) is 1. The van der Waals surface area contributed by atoms with Crippen LogP contribution < -0.4 is 14.8 Å². The molecule has 0 radical (unpaired) electrons.